The first-order valence-corrected chi connectivity index (χ1v) is 17.1. The lowest BCUT2D eigenvalue weighted by molar-refractivity contribution is 0.395. The second-order valence-electron chi connectivity index (χ2n) is 13.3. The fraction of sp³-hybridized carbons (Fsp3) is 0.333. The fourth-order valence-corrected chi connectivity index (χ4v) is 8.57. The first kappa shape index (κ1) is 27.5. The number of para-hydroxylation sites is 1. The van der Waals surface area contributed by atoms with E-state index >= 15 is 0 Å². The first-order valence-electron chi connectivity index (χ1n) is 17.1. The van der Waals surface area contributed by atoms with Gasteiger partial charge in [-0.05, 0) is 116 Å². The van der Waals surface area contributed by atoms with Crippen LogP contribution in [0.5, 0.6) is 0 Å². The molecule has 2 nitrogen and oxygen atoms in total. The van der Waals surface area contributed by atoms with Crippen molar-refractivity contribution in [1.82, 2.24) is 0 Å². The van der Waals surface area contributed by atoms with Crippen molar-refractivity contribution >= 4 is 22.5 Å². The zero-order valence-electron chi connectivity index (χ0n) is 25.9. The highest BCUT2D eigenvalue weighted by molar-refractivity contribution is 5.74. The molecule has 3 atom stereocenters. The molecule has 0 amide bonds. The lowest BCUT2D eigenvalue weighted by Gasteiger charge is -2.37. The van der Waals surface area contributed by atoms with E-state index in [0.29, 0.717) is 18.0 Å². The Balaban J connectivity index is 1.03. The molecule has 8 rings (SSSR count). The van der Waals surface area contributed by atoms with Crippen molar-refractivity contribution in [3.05, 3.63) is 143 Å². The van der Waals surface area contributed by atoms with E-state index in [1.807, 2.05) is 0 Å². The van der Waals surface area contributed by atoms with E-state index in [1.165, 1.54) is 77.1 Å². The van der Waals surface area contributed by atoms with Crippen molar-refractivity contribution in [3.8, 4) is 0 Å². The Morgan fingerprint density at radius 2 is 1.48 bits per heavy atom. The molecule has 0 bridgehead atoms. The van der Waals surface area contributed by atoms with Crippen LogP contribution in [0.4, 0.5) is 11.4 Å². The summed E-state index contributed by atoms with van der Waals surface area (Å²) in [5, 5.41) is 0. The Morgan fingerprint density at radius 1 is 0.659 bits per heavy atom. The van der Waals surface area contributed by atoms with Crippen LogP contribution in [0.25, 0.3) is 11.1 Å². The molecule has 1 heterocycles. The zero-order valence-corrected chi connectivity index (χ0v) is 25.9. The molecule has 4 aliphatic carbocycles. The summed E-state index contributed by atoms with van der Waals surface area (Å²) in [7, 11) is 0. The number of allylic oxidation sites excluding steroid dienone is 8. The smallest absolute Gasteiger partial charge is 0.0447 e. The molecule has 1 fully saturated rings. The summed E-state index contributed by atoms with van der Waals surface area (Å²) in [5.41, 5.74) is 12.9. The Bertz CT molecular complexity index is 1650. The standard InChI is InChI=1S/C42H44N2/c1-3-11-31(12-4-1)32-19-25-36(26-20-32)43(35-13-5-2-6-14-35)37-27-21-33(22-28-37)34-23-29-38(30-24-34)44-41-17-9-7-15-39(41)40-16-8-10-18-42(40)44/h1,3-5,7,9,11-15,17,19,21-23,27-29,36,40,42H,2,6,8,10,16,18,20,24-26,30H2. The number of fused-ring (bicyclic) bond motifs is 3. The molecule has 44 heavy (non-hydrogen) atoms. The third-order valence-corrected chi connectivity index (χ3v) is 10.8. The molecule has 0 saturated heterocycles. The van der Waals surface area contributed by atoms with Gasteiger partial charge >= 0.3 is 0 Å². The van der Waals surface area contributed by atoms with Crippen LogP contribution in [0.1, 0.15) is 93.2 Å². The summed E-state index contributed by atoms with van der Waals surface area (Å²) in [6.45, 7) is 0. The number of hydrogen-bond donors (Lipinski definition) is 0. The van der Waals surface area contributed by atoms with Crippen LogP contribution in [0, 0.1) is 0 Å². The van der Waals surface area contributed by atoms with E-state index in [4.69, 9.17) is 0 Å². The Hall–Kier alpha value is -4.04. The minimum absolute atomic E-state index is 0.480. The highest BCUT2D eigenvalue weighted by Gasteiger charge is 2.41. The van der Waals surface area contributed by atoms with Gasteiger partial charge in [0, 0.05) is 40.8 Å². The van der Waals surface area contributed by atoms with Crippen LogP contribution in [-0.4, -0.2) is 12.1 Å². The Morgan fingerprint density at radius 3 is 2.25 bits per heavy atom. The van der Waals surface area contributed by atoms with Gasteiger partial charge in [0.25, 0.3) is 0 Å². The van der Waals surface area contributed by atoms with Gasteiger partial charge < -0.3 is 9.80 Å². The predicted octanol–water partition coefficient (Wildman–Crippen LogP) is 11.0. The van der Waals surface area contributed by atoms with Crippen molar-refractivity contribution < 1.29 is 0 Å². The molecule has 5 aliphatic rings. The summed E-state index contributed by atoms with van der Waals surface area (Å²) < 4.78 is 0. The van der Waals surface area contributed by atoms with E-state index in [-0.39, 0.29) is 0 Å². The van der Waals surface area contributed by atoms with Gasteiger partial charge in [-0.2, -0.15) is 0 Å². The fourth-order valence-electron chi connectivity index (χ4n) is 8.57. The highest BCUT2D eigenvalue weighted by atomic mass is 15.2. The minimum atomic E-state index is 0.480. The molecule has 3 aromatic carbocycles. The molecule has 222 valence electrons. The zero-order chi connectivity index (χ0) is 29.3. The maximum Gasteiger partial charge on any atom is 0.0447 e. The van der Waals surface area contributed by atoms with Crippen LogP contribution in [0.2, 0.25) is 0 Å². The Kier molecular flexibility index (Phi) is 7.60. The first-order chi connectivity index (χ1) is 21.8. The maximum absolute atomic E-state index is 2.72. The second kappa shape index (κ2) is 12.2. The molecular formula is C42H44N2. The van der Waals surface area contributed by atoms with Gasteiger partial charge in [0.1, 0.15) is 0 Å². The number of hydrogen-bond acceptors (Lipinski definition) is 2. The van der Waals surface area contributed by atoms with Gasteiger partial charge in [0.15, 0.2) is 0 Å². The van der Waals surface area contributed by atoms with Gasteiger partial charge in [-0.1, -0.05) is 97.8 Å². The highest BCUT2D eigenvalue weighted by Crippen LogP contribution is 2.50. The summed E-state index contributed by atoms with van der Waals surface area (Å²) in [6.07, 6.45) is 27.7. The van der Waals surface area contributed by atoms with E-state index in [2.05, 4.69) is 125 Å². The largest absolute Gasteiger partial charge is 0.341 e. The number of rotatable bonds is 6. The van der Waals surface area contributed by atoms with E-state index < -0.39 is 0 Å². The molecular weight excluding hydrogens is 532 g/mol. The molecule has 0 spiro atoms. The normalized spacial score (nSPS) is 24.5. The van der Waals surface area contributed by atoms with Crippen molar-refractivity contribution in [3.63, 3.8) is 0 Å². The number of anilines is 2. The number of nitrogens with zero attached hydrogens (tertiary/aromatic N) is 2. The lowest BCUT2D eigenvalue weighted by atomic mass is 9.82. The molecule has 1 aliphatic heterocycles. The van der Waals surface area contributed by atoms with Crippen molar-refractivity contribution in [1.29, 1.82) is 0 Å². The van der Waals surface area contributed by atoms with Crippen molar-refractivity contribution in [2.75, 3.05) is 9.80 Å². The SMILES string of the molecule is C1=CC(N(c2ccc(C3=CC=C(N4c5ccccc5C5CCCCC54)CC3)cc2)C2CC=C(c3ccccc3)CC2)=CCC1. The molecule has 0 N–H and O–H groups in total. The topological polar surface area (TPSA) is 6.48 Å². The van der Waals surface area contributed by atoms with E-state index in [1.54, 1.807) is 5.56 Å². The van der Waals surface area contributed by atoms with E-state index in [9.17, 15) is 0 Å². The third-order valence-electron chi connectivity index (χ3n) is 10.8. The summed E-state index contributed by atoms with van der Waals surface area (Å²) in [6, 6.07) is 30.8. The monoisotopic (exact) mass is 576 g/mol. The van der Waals surface area contributed by atoms with Crippen LogP contribution < -0.4 is 9.80 Å². The molecule has 3 unspecified atom stereocenters. The number of benzene rings is 3. The summed E-state index contributed by atoms with van der Waals surface area (Å²) >= 11 is 0. The molecule has 2 heteroatoms. The van der Waals surface area contributed by atoms with Gasteiger partial charge in [-0.3, -0.25) is 0 Å². The third kappa shape index (κ3) is 5.19. The van der Waals surface area contributed by atoms with Gasteiger partial charge in [0.2, 0.25) is 0 Å². The van der Waals surface area contributed by atoms with Crippen LogP contribution in [-0.2, 0) is 0 Å². The van der Waals surface area contributed by atoms with Crippen molar-refractivity contribution in [2.24, 2.45) is 0 Å². The lowest BCUT2D eigenvalue weighted by Crippen LogP contribution is -2.35. The molecule has 0 aromatic heterocycles. The maximum atomic E-state index is 2.72. The minimum Gasteiger partial charge on any atom is -0.341 e. The summed E-state index contributed by atoms with van der Waals surface area (Å²) in [4.78, 5) is 5.34. The predicted molar refractivity (Wildman–Crippen MR) is 187 cm³/mol. The van der Waals surface area contributed by atoms with Gasteiger partial charge in [-0.25, -0.2) is 0 Å². The summed E-state index contributed by atoms with van der Waals surface area (Å²) in [5.74, 6) is 0.709. The van der Waals surface area contributed by atoms with Gasteiger partial charge in [0.05, 0.1) is 0 Å². The second-order valence-corrected chi connectivity index (χ2v) is 13.3. The van der Waals surface area contributed by atoms with E-state index in [0.717, 1.165) is 38.5 Å². The quantitative estimate of drug-likeness (QED) is 0.288. The molecule has 3 aromatic rings. The average molecular weight is 577 g/mol. The average Bonchev–Trinajstić information content (AvgIpc) is 3.44. The molecule has 0 radical (unpaired) electrons. The molecule has 1 saturated carbocycles. The van der Waals surface area contributed by atoms with Crippen LogP contribution in [0.3, 0.4) is 0 Å². The Labute approximate surface area is 263 Å². The van der Waals surface area contributed by atoms with Crippen LogP contribution >= 0.6 is 0 Å². The van der Waals surface area contributed by atoms with Crippen molar-refractivity contribution in [2.45, 2.75) is 88.6 Å². The van der Waals surface area contributed by atoms with Gasteiger partial charge in [-0.15, -0.1) is 0 Å². The van der Waals surface area contributed by atoms with Crippen LogP contribution in [0.15, 0.2) is 127 Å².